The number of esters is 1. The predicted octanol–water partition coefficient (Wildman–Crippen LogP) is 4.89. The summed E-state index contributed by atoms with van der Waals surface area (Å²) >= 11 is 1.48. The Bertz CT molecular complexity index is 1220. The number of pyridine rings is 1. The summed E-state index contributed by atoms with van der Waals surface area (Å²) in [5.41, 5.74) is 3.69. The highest BCUT2D eigenvalue weighted by Gasteiger charge is 2.22. The zero-order chi connectivity index (χ0) is 21.8. The average molecular weight is 432 g/mol. The second-order valence-corrected chi connectivity index (χ2v) is 7.94. The van der Waals surface area contributed by atoms with Gasteiger partial charge in [0.25, 0.3) is 5.91 Å². The van der Waals surface area contributed by atoms with Crippen LogP contribution >= 0.6 is 11.3 Å². The number of methoxy groups -OCH3 is 1. The number of benzene rings is 2. The van der Waals surface area contributed by atoms with Crippen molar-refractivity contribution in [2.24, 2.45) is 0 Å². The van der Waals surface area contributed by atoms with E-state index in [1.807, 2.05) is 24.3 Å². The number of hydrogen-bond acceptors (Lipinski definition) is 6. The van der Waals surface area contributed by atoms with Gasteiger partial charge in [-0.05, 0) is 60.5 Å². The maximum atomic E-state index is 13.4. The topological polar surface area (TPSA) is 72.4 Å². The lowest BCUT2D eigenvalue weighted by atomic mass is 10.1. The Morgan fingerprint density at radius 3 is 2.48 bits per heavy atom. The molecule has 2 heterocycles. The van der Waals surface area contributed by atoms with Crippen molar-refractivity contribution < 1.29 is 14.3 Å². The molecule has 2 aromatic heterocycles. The molecule has 0 bridgehead atoms. The molecule has 0 fully saturated rings. The summed E-state index contributed by atoms with van der Waals surface area (Å²) in [6.07, 6.45) is 2.64. The molecule has 7 heteroatoms. The minimum atomic E-state index is -0.442. The molecule has 0 aliphatic heterocycles. The van der Waals surface area contributed by atoms with Gasteiger partial charge < -0.3 is 4.74 Å². The number of hydrogen-bond donors (Lipinski definition) is 0. The van der Waals surface area contributed by atoms with Gasteiger partial charge in [0, 0.05) is 11.8 Å². The number of carbonyl (C=O) groups excluding carboxylic acids is 2. The van der Waals surface area contributed by atoms with Crippen molar-refractivity contribution in [2.45, 2.75) is 19.9 Å². The Labute approximate surface area is 184 Å². The van der Waals surface area contributed by atoms with E-state index in [9.17, 15) is 9.59 Å². The van der Waals surface area contributed by atoms with Crippen LogP contribution in [0, 0.1) is 0 Å². The molecule has 6 nitrogen and oxygen atoms in total. The zero-order valence-corrected chi connectivity index (χ0v) is 18.1. The van der Waals surface area contributed by atoms with E-state index in [1.54, 1.807) is 35.4 Å². The third kappa shape index (κ3) is 4.46. The standard InChI is InChI=1S/C24H21N3O3S/c1-3-16-7-12-20-21(14-16)31-24(26-20)27(15-19-6-4-5-13-25-19)22(28)17-8-10-18(11-9-17)23(29)30-2/h4-14H,3,15H2,1-2H3. The number of carbonyl (C=O) groups is 2. The van der Waals surface area contributed by atoms with Crippen LogP contribution in [0.2, 0.25) is 0 Å². The summed E-state index contributed by atoms with van der Waals surface area (Å²) in [7, 11) is 1.33. The summed E-state index contributed by atoms with van der Waals surface area (Å²) in [6, 6.07) is 18.2. The van der Waals surface area contributed by atoms with E-state index in [0.717, 1.165) is 22.3 Å². The molecule has 156 valence electrons. The maximum Gasteiger partial charge on any atom is 0.337 e. The van der Waals surface area contributed by atoms with E-state index in [-0.39, 0.29) is 5.91 Å². The lowest BCUT2D eigenvalue weighted by Gasteiger charge is -2.19. The molecule has 0 atom stereocenters. The Kier molecular flexibility index (Phi) is 6.04. The van der Waals surface area contributed by atoms with Gasteiger partial charge >= 0.3 is 5.97 Å². The van der Waals surface area contributed by atoms with Crippen LogP contribution in [0.25, 0.3) is 10.2 Å². The number of aryl methyl sites for hydroxylation is 1. The molecule has 0 N–H and O–H groups in total. The van der Waals surface area contributed by atoms with Crippen LogP contribution in [-0.2, 0) is 17.7 Å². The van der Waals surface area contributed by atoms with Crippen LogP contribution in [0.3, 0.4) is 0 Å². The van der Waals surface area contributed by atoms with Crippen LogP contribution in [0.15, 0.2) is 66.9 Å². The molecule has 0 radical (unpaired) electrons. The molecular formula is C24H21N3O3S. The van der Waals surface area contributed by atoms with Crippen LogP contribution in [0.5, 0.6) is 0 Å². The third-order valence-electron chi connectivity index (χ3n) is 4.93. The van der Waals surface area contributed by atoms with Crippen molar-refractivity contribution >= 4 is 38.6 Å². The summed E-state index contributed by atoms with van der Waals surface area (Å²) in [5, 5.41) is 0.607. The zero-order valence-electron chi connectivity index (χ0n) is 17.2. The number of nitrogens with zero attached hydrogens (tertiary/aromatic N) is 3. The SMILES string of the molecule is CCc1ccc2nc(N(Cc3ccccn3)C(=O)c3ccc(C(=O)OC)cc3)sc2c1. The van der Waals surface area contributed by atoms with E-state index in [4.69, 9.17) is 9.72 Å². The summed E-state index contributed by atoms with van der Waals surface area (Å²) < 4.78 is 5.77. The minimum absolute atomic E-state index is 0.211. The molecule has 0 unspecified atom stereocenters. The fourth-order valence-corrected chi connectivity index (χ4v) is 4.22. The molecular weight excluding hydrogens is 410 g/mol. The van der Waals surface area contributed by atoms with Gasteiger partial charge in [-0.3, -0.25) is 14.7 Å². The van der Waals surface area contributed by atoms with Crippen LogP contribution in [0.1, 0.15) is 38.9 Å². The summed E-state index contributed by atoms with van der Waals surface area (Å²) in [4.78, 5) is 35.9. The van der Waals surface area contributed by atoms with Gasteiger partial charge in [-0.1, -0.05) is 30.4 Å². The normalized spacial score (nSPS) is 10.8. The van der Waals surface area contributed by atoms with Gasteiger partial charge in [0.1, 0.15) is 0 Å². The van der Waals surface area contributed by atoms with E-state index >= 15 is 0 Å². The maximum absolute atomic E-state index is 13.4. The Hall–Kier alpha value is -3.58. The fraction of sp³-hybridized carbons (Fsp3) is 0.167. The molecule has 0 saturated heterocycles. The highest BCUT2D eigenvalue weighted by molar-refractivity contribution is 7.22. The number of aromatic nitrogens is 2. The molecule has 0 aliphatic rings. The molecule has 4 aromatic rings. The second kappa shape index (κ2) is 9.06. The highest BCUT2D eigenvalue weighted by Crippen LogP contribution is 2.31. The van der Waals surface area contributed by atoms with Crippen molar-refractivity contribution in [3.63, 3.8) is 0 Å². The Balaban J connectivity index is 1.72. The Morgan fingerprint density at radius 2 is 1.81 bits per heavy atom. The quantitative estimate of drug-likeness (QED) is 0.407. The van der Waals surface area contributed by atoms with Crippen molar-refractivity contribution in [1.29, 1.82) is 0 Å². The first kappa shape index (κ1) is 20.7. The van der Waals surface area contributed by atoms with E-state index in [2.05, 4.69) is 24.0 Å². The number of rotatable bonds is 6. The molecule has 1 amide bonds. The van der Waals surface area contributed by atoms with Crippen molar-refractivity contribution in [1.82, 2.24) is 9.97 Å². The molecule has 0 spiro atoms. The monoisotopic (exact) mass is 431 g/mol. The number of anilines is 1. The fourth-order valence-electron chi connectivity index (χ4n) is 3.19. The molecule has 2 aromatic carbocycles. The second-order valence-electron chi connectivity index (χ2n) is 6.93. The van der Waals surface area contributed by atoms with Crippen molar-refractivity contribution in [3.05, 3.63) is 89.2 Å². The predicted molar refractivity (Wildman–Crippen MR) is 122 cm³/mol. The van der Waals surface area contributed by atoms with Gasteiger partial charge in [-0.15, -0.1) is 0 Å². The summed E-state index contributed by atoms with van der Waals surface area (Å²) in [5.74, 6) is -0.654. The molecule has 0 aliphatic carbocycles. The summed E-state index contributed by atoms with van der Waals surface area (Å²) in [6.45, 7) is 2.40. The number of fused-ring (bicyclic) bond motifs is 1. The van der Waals surface area contributed by atoms with Gasteiger partial charge in [-0.2, -0.15) is 0 Å². The number of amides is 1. The smallest absolute Gasteiger partial charge is 0.337 e. The van der Waals surface area contributed by atoms with Crippen molar-refractivity contribution in [3.8, 4) is 0 Å². The van der Waals surface area contributed by atoms with E-state index in [0.29, 0.717) is 22.8 Å². The lowest BCUT2D eigenvalue weighted by Crippen LogP contribution is -2.30. The van der Waals surface area contributed by atoms with Crippen LogP contribution in [0.4, 0.5) is 5.13 Å². The van der Waals surface area contributed by atoms with Crippen LogP contribution < -0.4 is 4.90 Å². The average Bonchev–Trinajstić information content (AvgIpc) is 3.25. The van der Waals surface area contributed by atoms with Gasteiger partial charge in [0.15, 0.2) is 5.13 Å². The lowest BCUT2D eigenvalue weighted by molar-refractivity contribution is 0.0600. The van der Waals surface area contributed by atoms with Crippen molar-refractivity contribution in [2.75, 3.05) is 12.0 Å². The van der Waals surface area contributed by atoms with Gasteiger partial charge in [-0.25, -0.2) is 9.78 Å². The molecule has 4 rings (SSSR count). The Morgan fingerprint density at radius 1 is 1.03 bits per heavy atom. The highest BCUT2D eigenvalue weighted by atomic mass is 32.1. The number of thiazole rings is 1. The van der Waals surface area contributed by atoms with Crippen LogP contribution in [-0.4, -0.2) is 29.0 Å². The first-order valence-electron chi connectivity index (χ1n) is 9.88. The van der Waals surface area contributed by atoms with E-state index < -0.39 is 5.97 Å². The third-order valence-corrected chi connectivity index (χ3v) is 5.97. The minimum Gasteiger partial charge on any atom is -0.465 e. The number of ether oxygens (including phenoxy) is 1. The van der Waals surface area contributed by atoms with Gasteiger partial charge in [0.2, 0.25) is 0 Å². The first-order chi connectivity index (χ1) is 15.1. The first-order valence-corrected chi connectivity index (χ1v) is 10.7. The molecule has 0 saturated carbocycles. The van der Waals surface area contributed by atoms with Gasteiger partial charge in [0.05, 0.1) is 35.1 Å². The van der Waals surface area contributed by atoms with E-state index in [1.165, 1.54) is 24.0 Å². The molecule has 31 heavy (non-hydrogen) atoms. The largest absolute Gasteiger partial charge is 0.465 e.